The summed E-state index contributed by atoms with van der Waals surface area (Å²) in [6.45, 7) is 7.31. The summed E-state index contributed by atoms with van der Waals surface area (Å²) in [4.78, 5) is 40.4. The minimum absolute atomic E-state index is 0.0920. The summed E-state index contributed by atoms with van der Waals surface area (Å²) in [5.41, 5.74) is -0.540. The number of hydrogen-bond donors (Lipinski definition) is 0. The fraction of sp³-hybridized carbons (Fsp3) is 0.842. The number of likely N-dealkylation sites (tertiary alicyclic amines) is 1. The average molecular weight is 366 g/mol. The third-order valence-corrected chi connectivity index (χ3v) is 6.10. The van der Waals surface area contributed by atoms with Crippen LogP contribution < -0.4 is 0 Å². The molecular formula is C19H30N2O5. The summed E-state index contributed by atoms with van der Waals surface area (Å²) in [7, 11) is 0. The maximum Gasteiger partial charge on any atom is 0.302 e. The molecule has 0 unspecified atom stereocenters. The molecule has 0 N–H and O–H groups in total. The predicted molar refractivity (Wildman–Crippen MR) is 94.2 cm³/mol. The van der Waals surface area contributed by atoms with Crippen LogP contribution in [0, 0.1) is 10.8 Å². The van der Waals surface area contributed by atoms with E-state index in [9.17, 15) is 14.4 Å². The van der Waals surface area contributed by atoms with Gasteiger partial charge >= 0.3 is 5.97 Å². The third kappa shape index (κ3) is 4.37. The van der Waals surface area contributed by atoms with Crippen molar-refractivity contribution in [2.45, 2.75) is 46.0 Å². The number of morpholine rings is 1. The van der Waals surface area contributed by atoms with Gasteiger partial charge in [-0.3, -0.25) is 14.4 Å². The normalized spacial score (nSPS) is 24.1. The molecule has 0 spiro atoms. The zero-order valence-corrected chi connectivity index (χ0v) is 15.9. The van der Waals surface area contributed by atoms with E-state index in [0.29, 0.717) is 58.7 Å². The Morgan fingerprint density at radius 1 is 0.962 bits per heavy atom. The molecule has 146 valence electrons. The molecule has 0 aromatic heterocycles. The van der Waals surface area contributed by atoms with Crippen molar-refractivity contribution < 1.29 is 23.9 Å². The highest BCUT2D eigenvalue weighted by Crippen LogP contribution is 2.47. The van der Waals surface area contributed by atoms with Gasteiger partial charge in [-0.25, -0.2) is 0 Å². The summed E-state index contributed by atoms with van der Waals surface area (Å²) >= 11 is 0. The quantitative estimate of drug-likeness (QED) is 0.684. The van der Waals surface area contributed by atoms with Crippen LogP contribution in [-0.4, -0.2) is 73.6 Å². The van der Waals surface area contributed by atoms with Gasteiger partial charge in [0, 0.05) is 50.4 Å². The fourth-order valence-electron chi connectivity index (χ4n) is 3.84. The van der Waals surface area contributed by atoms with Crippen molar-refractivity contribution in [1.29, 1.82) is 0 Å². The van der Waals surface area contributed by atoms with Gasteiger partial charge in [0.25, 0.3) is 0 Å². The molecule has 7 heteroatoms. The lowest BCUT2D eigenvalue weighted by molar-refractivity contribution is -0.152. The van der Waals surface area contributed by atoms with Crippen LogP contribution in [0.3, 0.4) is 0 Å². The number of nitrogens with zero attached hydrogens (tertiary/aromatic N) is 2. The zero-order chi connectivity index (χ0) is 18.8. The van der Waals surface area contributed by atoms with Gasteiger partial charge in [-0.1, -0.05) is 6.92 Å². The Hall–Kier alpha value is -1.63. The largest absolute Gasteiger partial charge is 0.465 e. The molecule has 0 radical (unpaired) electrons. The molecule has 1 saturated carbocycles. The fourth-order valence-corrected chi connectivity index (χ4v) is 3.84. The van der Waals surface area contributed by atoms with Gasteiger partial charge in [0.2, 0.25) is 11.8 Å². The van der Waals surface area contributed by atoms with Crippen LogP contribution in [-0.2, 0) is 23.9 Å². The lowest BCUT2D eigenvalue weighted by atomic mass is 9.75. The van der Waals surface area contributed by atoms with E-state index in [2.05, 4.69) is 0 Å². The Balaban J connectivity index is 1.62. The molecule has 26 heavy (non-hydrogen) atoms. The highest BCUT2D eigenvalue weighted by Gasteiger charge is 2.49. The monoisotopic (exact) mass is 366 g/mol. The van der Waals surface area contributed by atoms with Crippen LogP contribution in [0.1, 0.15) is 46.0 Å². The highest BCUT2D eigenvalue weighted by molar-refractivity contribution is 5.85. The molecule has 0 atom stereocenters. The first kappa shape index (κ1) is 19.1. The topological polar surface area (TPSA) is 76.2 Å². The first-order chi connectivity index (χ1) is 12.3. The number of carbonyl (C=O) groups is 3. The summed E-state index contributed by atoms with van der Waals surface area (Å²) in [5, 5.41) is 0. The molecule has 2 heterocycles. The van der Waals surface area contributed by atoms with Crippen LogP contribution in [0.25, 0.3) is 0 Å². The standard InChI is InChI=1S/C19H30N2O5/c1-15(22)26-14-19(13-16(23)20-9-11-25-12-10-20)5-7-21(8-6-19)17(24)18(2)3-4-18/h3-14H2,1-2H3. The van der Waals surface area contributed by atoms with Crippen molar-refractivity contribution in [2.75, 3.05) is 46.0 Å². The number of rotatable bonds is 5. The van der Waals surface area contributed by atoms with Gasteiger partial charge in [0.1, 0.15) is 0 Å². The van der Waals surface area contributed by atoms with Gasteiger partial charge in [-0.2, -0.15) is 0 Å². The number of amides is 2. The van der Waals surface area contributed by atoms with E-state index in [0.717, 1.165) is 12.8 Å². The van der Waals surface area contributed by atoms with Gasteiger partial charge in [0.05, 0.1) is 19.8 Å². The van der Waals surface area contributed by atoms with E-state index in [-0.39, 0.29) is 35.2 Å². The zero-order valence-electron chi connectivity index (χ0n) is 15.9. The lowest BCUT2D eigenvalue weighted by Gasteiger charge is -2.42. The number of piperidine rings is 1. The second-order valence-corrected chi connectivity index (χ2v) is 8.30. The van der Waals surface area contributed by atoms with E-state index >= 15 is 0 Å². The highest BCUT2D eigenvalue weighted by atomic mass is 16.5. The number of esters is 1. The Bertz CT molecular complexity index is 558. The molecule has 0 aromatic carbocycles. The summed E-state index contributed by atoms with van der Waals surface area (Å²) < 4.78 is 10.6. The van der Waals surface area contributed by atoms with Gasteiger partial charge < -0.3 is 19.3 Å². The van der Waals surface area contributed by atoms with E-state index in [1.54, 1.807) is 0 Å². The summed E-state index contributed by atoms with van der Waals surface area (Å²) in [5.74, 6) is -0.000306. The van der Waals surface area contributed by atoms with Crippen LogP contribution in [0.5, 0.6) is 0 Å². The average Bonchev–Trinajstić information content (AvgIpc) is 3.40. The maximum atomic E-state index is 12.8. The third-order valence-electron chi connectivity index (χ3n) is 6.10. The predicted octanol–water partition coefficient (Wildman–Crippen LogP) is 1.21. The van der Waals surface area contributed by atoms with E-state index in [4.69, 9.17) is 9.47 Å². The number of ether oxygens (including phenoxy) is 2. The Morgan fingerprint density at radius 2 is 1.58 bits per heavy atom. The molecular weight excluding hydrogens is 336 g/mol. The first-order valence-corrected chi connectivity index (χ1v) is 9.62. The SMILES string of the molecule is CC(=O)OCC1(CC(=O)N2CCOCC2)CCN(C(=O)C2(C)CC2)CC1. The minimum atomic E-state index is -0.373. The van der Waals surface area contributed by atoms with Crippen molar-refractivity contribution in [2.24, 2.45) is 10.8 Å². The Morgan fingerprint density at radius 3 is 2.12 bits per heavy atom. The molecule has 3 fully saturated rings. The molecule has 3 rings (SSSR count). The second-order valence-electron chi connectivity index (χ2n) is 8.30. The Labute approximate surface area is 155 Å². The molecule has 2 aliphatic heterocycles. The van der Waals surface area contributed by atoms with Gasteiger partial charge in [-0.15, -0.1) is 0 Å². The van der Waals surface area contributed by atoms with E-state index in [1.165, 1.54) is 6.92 Å². The van der Waals surface area contributed by atoms with Crippen LogP contribution >= 0.6 is 0 Å². The van der Waals surface area contributed by atoms with Crippen molar-refractivity contribution in [1.82, 2.24) is 9.80 Å². The van der Waals surface area contributed by atoms with Crippen LogP contribution in [0.2, 0.25) is 0 Å². The van der Waals surface area contributed by atoms with E-state index < -0.39 is 0 Å². The number of hydrogen-bond acceptors (Lipinski definition) is 5. The van der Waals surface area contributed by atoms with E-state index in [1.807, 2.05) is 16.7 Å². The van der Waals surface area contributed by atoms with Crippen LogP contribution in [0.4, 0.5) is 0 Å². The molecule has 2 saturated heterocycles. The smallest absolute Gasteiger partial charge is 0.302 e. The first-order valence-electron chi connectivity index (χ1n) is 9.62. The maximum absolute atomic E-state index is 12.8. The second kappa shape index (κ2) is 7.55. The van der Waals surface area contributed by atoms with Crippen molar-refractivity contribution in [3.63, 3.8) is 0 Å². The molecule has 0 aromatic rings. The molecule has 0 bridgehead atoms. The van der Waals surface area contributed by atoms with Crippen molar-refractivity contribution in [3.8, 4) is 0 Å². The number of carbonyl (C=O) groups excluding carboxylic acids is 3. The van der Waals surface area contributed by atoms with Gasteiger partial charge in [0.15, 0.2) is 0 Å². The molecule has 1 aliphatic carbocycles. The lowest BCUT2D eigenvalue weighted by Crippen LogP contribution is -2.50. The Kier molecular flexibility index (Phi) is 5.55. The van der Waals surface area contributed by atoms with Crippen molar-refractivity contribution in [3.05, 3.63) is 0 Å². The van der Waals surface area contributed by atoms with Crippen LogP contribution in [0.15, 0.2) is 0 Å². The minimum Gasteiger partial charge on any atom is -0.465 e. The summed E-state index contributed by atoms with van der Waals surface area (Å²) in [6.07, 6.45) is 3.68. The molecule has 2 amide bonds. The van der Waals surface area contributed by atoms with Crippen molar-refractivity contribution >= 4 is 17.8 Å². The molecule has 3 aliphatic rings. The van der Waals surface area contributed by atoms with Gasteiger partial charge in [-0.05, 0) is 25.7 Å². The summed E-state index contributed by atoms with van der Waals surface area (Å²) in [6, 6.07) is 0. The molecule has 7 nitrogen and oxygen atoms in total.